The van der Waals surface area contributed by atoms with Crippen LogP contribution in [-0.4, -0.2) is 61.3 Å². The van der Waals surface area contributed by atoms with Crippen LogP contribution in [0.1, 0.15) is 13.3 Å². The molecule has 7 nitrogen and oxygen atoms in total. The van der Waals surface area contributed by atoms with Crippen LogP contribution in [0.15, 0.2) is 35.4 Å². The molecule has 1 atom stereocenters. The van der Waals surface area contributed by atoms with E-state index < -0.39 is 12.0 Å². The number of carbonyl (C=O) groups is 2. The van der Waals surface area contributed by atoms with Crippen LogP contribution in [-0.2, 0) is 14.3 Å². The van der Waals surface area contributed by atoms with Crippen LogP contribution in [0.5, 0.6) is 0 Å². The van der Waals surface area contributed by atoms with Gasteiger partial charge in [-0.25, -0.2) is 4.79 Å². The number of hydrogen-bond donors (Lipinski definition) is 1. The Kier molecular flexibility index (Phi) is 5.10. The zero-order valence-corrected chi connectivity index (χ0v) is 13.8. The van der Waals surface area contributed by atoms with Crippen LogP contribution in [0.4, 0.5) is 5.69 Å². The van der Waals surface area contributed by atoms with Gasteiger partial charge in [0.15, 0.2) is 0 Å². The second-order valence-corrected chi connectivity index (χ2v) is 5.74. The third kappa shape index (κ3) is 3.41. The van der Waals surface area contributed by atoms with Crippen molar-refractivity contribution in [3.63, 3.8) is 0 Å². The highest BCUT2D eigenvalue weighted by atomic mass is 16.5. The Morgan fingerprint density at radius 3 is 2.62 bits per heavy atom. The summed E-state index contributed by atoms with van der Waals surface area (Å²) in [6.45, 7) is 4.97. The number of amides is 1. The standard InChI is InChI=1S/C17H22N4O3/c1-2-24-17(23)14-12-15(16(22)20-10-8-18-9-11-20)21(19-14)13-6-4-3-5-7-13/h3-7,15,18H,2,8-12H2,1H3. The van der Waals surface area contributed by atoms with Crippen molar-refractivity contribution in [1.82, 2.24) is 10.2 Å². The predicted octanol–water partition coefficient (Wildman–Crippen LogP) is 0.616. The van der Waals surface area contributed by atoms with E-state index in [9.17, 15) is 9.59 Å². The van der Waals surface area contributed by atoms with Gasteiger partial charge in [-0.1, -0.05) is 18.2 Å². The van der Waals surface area contributed by atoms with E-state index in [0.29, 0.717) is 25.4 Å². The van der Waals surface area contributed by atoms with Gasteiger partial charge in [-0.2, -0.15) is 5.10 Å². The molecule has 0 spiro atoms. The Hall–Kier alpha value is -2.41. The smallest absolute Gasteiger partial charge is 0.354 e. The molecule has 24 heavy (non-hydrogen) atoms. The van der Waals surface area contributed by atoms with Gasteiger partial charge in [-0.15, -0.1) is 0 Å². The molecular formula is C17H22N4O3. The molecule has 128 valence electrons. The lowest BCUT2D eigenvalue weighted by atomic mass is 10.1. The van der Waals surface area contributed by atoms with E-state index in [1.807, 2.05) is 35.2 Å². The van der Waals surface area contributed by atoms with Crippen molar-refractivity contribution in [3.05, 3.63) is 30.3 Å². The number of benzene rings is 1. The van der Waals surface area contributed by atoms with E-state index >= 15 is 0 Å². The topological polar surface area (TPSA) is 74.2 Å². The number of para-hydroxylation sites is 1. The third-order valence-electron chi connectivity index (χ3n) is 4.16. The molecule has 0 bridgehead atoms. The largest absolute Gasteiger partial charge is 0.461 e. The van der Waals surface area contributed by atoms with Gasteiger partial charge in [0, 0.05) is 32.6 Å². The van der Waals surface area contributed by atoms with Gasteiger partial charge in [-0.05, 0) is 19.1 Å². The fraction of sp³-hybridized carbons (Fsp3) is 0.471. The number of hydrogen-bond acceptors (Lipinski definition) is 6. The van der Waals surface area contributed by atoms with Gasteiger partial charge in [0.25, 0.3) is 0 Å². The summed E-state index contributed by atoms with van der Waals surface area (Å²) in [4.78, 5) is 26.8. The molecule has 1 aromatic rings. The Labute approximate surface area is 141 Å². The number of nitrogens with one attached hydrogen (secondary N) is 1. The molecule has 0 aromatic heterocycles. The van der Waals surface area contributed by atoms with Crippen LogP contribution in [0.3, 0.4) is 0 Å². The van der Waals surface area contributed by atoms with E-state index in [1.165, 1.54) is 0 Å². The maximum atomic E-state index is 12.9. The van der Waals surface area contributed by atoms with Crippen molar-refractivity contribution in [3.8, 4) is 0 Å². The molecule has 1 amide bonds. The zero-order chi connectivity index (χ0) is 16.9. The fourth-order valence-corrected chi connectivity index (χ4v) is 2.96. The quantitative estimate of drug-likeness (QED) is 0.819. The average molecular weight is 330 g/mol. The second kappa shape index (κ2) is 7.44. The molecule has 1 saturated heterocycles. The SMILES string of the molecule is CCOC(=O)C1=NN(c2ccccc2)C(C(=O)N2CCNCC2)C1. The summed E-state index contributed by atoms with van der Waals surface area (Å²) in [6.07, 6.45) is 0.274. The van der Waals surface area contributed by atoms with E-state index in [0.717, 1.165) is 18.8 Å². The van der Waals surface area contributed by atoms with Gasteiger partial charge in [0.05, 0.1) is 12.3 Å². The summed E-state index contributed by atoms with van der Waals surface area (Å²) in [5.74, 6) is -0.447. The molecule has 1 aromatic carbocycles. The summed E-state index contributed by atoms with van der Waals surface area (Å²) in [5.41, 5.74) is 1.10. The summed E-state index contributed by atoms with van der Waals surface area (Å²) >= 11 is 0. The van der Waals surface area contributed by atoms with E-state index in [2.05, 4.69) is 10.4 Å². The molecule has 1 unspecified atom stereocenters. The Morgan fingerprint density at radius 1 is 1.25 bits per heavy atom. The minimum atomic E-state index is -0.495. The van der Waals surface area contributed by atoms with Crippen LogP contribution >= 0.6 is 0 Å². The average Bonchev–Trinajstić information content (AvgIpc) is 3.08. The van der Waals surface area contributed by atoms with E-state index in [-0.39, 0.29) is 12.3 Å². The molecule has 7 heteroatoms. The highest BCUT2D eigenvalue weighted by molar-refractivity contribution is 6.38. The molecule has 0 saturated carbocycles. The number of esters is 1. The minimum absolute atomic E-state index is 0.00315. The van der Waals surface area contributed by atoms with Gasteiger partial charge >= 0.3 is 5.97 Å². The van der Waals surface area contributed by atoms with Crippen LogP contribution in [0.2, 0.25) is 0 Å². The van der Waals surface area contributed by atoms with Crippen molar-refractivity contribution < 1.29 is 14.3 Å². The van der Waals surface area contributed by atoms with Gasteiger partial charge in [0.2, 0.25) is 5.91 Å². The van der Waals surface area contributed by atoms with Crippen LogP contribution in [0, 0.1) is 0 Å². The summed E-state index contributed by atoms with van der Waals surface area (Å²) in [6, 6.07) is 8.96. The maximum absolute atomic E-state index is 12.9. The highest BCUT2D eigenvalue weighted by Gasteiger charge is 2.39. The Bertz CT molecular complexity index is 626. The van der Waals surface area contributed by atoms with Crippen molar-refractivity contribution in [2.75, 3.05) is 37.8 Å². The summed E-state index contributed by atoms with van der Waals surface area (Å²) in [5, 5.41) is 9.27. The van der Waals surface area contributed by atoms with Crippen molar-refractivity contribution in [2.24, 2.45) is 5.10 Å². The highest BCUT2D eigenvalue weighted by Crippen LogP contribution is 2.26. The number of carbonyl (C=O) groups excluding carboxylic acids is 2. The van der Waals surface area contributed by atoms with Crippen molar-refractivity contribution in [2.45, 2.75) is 19.4 Å². The van der Waals surface area contributed by atoms with Crippen molar-refractivity contribution >= 4 is 23.3 Å². The van der Waals surface area contributed by atoms with Gasteiger partial charge in [0.1, 0.15) is 11.8 Å². The lowest BCUT2D eigenvalue weighted by Gasteiger charge is -2.32. The first kappa shape index (κ1) is 16.4. The molecule has 3 rings (SSSR count). The van der Waals surface area contributed by atoms with Crippen LogP contribution < -0.4 is 10.3 Å². The number of ether oxygens (including phenoxy) is 1. The number of nitrogens with zero attached hydrogens (tertiary/aromatic N) is 3. The lowest BCUT2D eigenvalue weighted by molar-refractivity contribution is -0.135. The van der Waals surface area contributed by atoms with Crippen molar-refractivity contribution in [1.29, 1.82) is 0 Å². The Morgan fingerprint density at radius 2 is 1.96 bits per heavy atom. The summed E-state index contributed by atoms with van der Waals surface area (Å²) < 4.78 is 5.05. The van der Waals surface area contributed by atoms with Gasteiger partial charge < -0.3 is 15.0 Å². The van der Waals surface area contributed by atoms with E-state index in [4.69, 9.17) is 4.74 Å². The molecule has 0 radical (unpaired) electrons. The number of piperazine rings is 1. The molecule has 1 N–H and O–H groups in total. The first-order valence-corrected chi connectivity index (χ1v) is 8.29. The monoisotopic (exact) mass is 330 g/mol. The third-order valence-corrected chi connectivity index (χ3v) is 4.16. The second-order valence-electron chi connectivity index (χ2n) is 5.74. The molecular weight excluding hydrogens is 308 g/mol. The lowest BCUT2D eigenvalue weighted by Crippen LogP contribution is -2.52. The number of hydrazone groups is 1. The number of anilines is 1. The van der Waals surface area contributed by atoms with Crippen LogP contribution in [0.25, 0.3) is 0 Å². The summed E-state index contributed by atoms with van der Waals surface area (Å²) in [7, 11) is 0. The van der Waals surface area contributed by atoms with Gasteiger partial charge in [-0.3, -0.25) is 9.80 Å². The molecule has 2 aliphatic heterocycles. The minimum Gasteiger partial charge on any atom is -0.461 e. The molecule has 1 fully saturated rings. The number of rotatable bonds is 4. The molecule has 2 heterocycles. The molecule has 2 aliphatic rings. The zero-order valence-electron chi connectivity index (χ0n) is 13.8. The first-order valence-electron chi connectivity index (χ1n) is 8.29. The van der Waals surface area contributed by atoms with E-state index in [1.54, 1.807) is 11.9 Å². The molecule has 0 aliphatic carbocycles. The normalized spacial score (nSPS) is 20.7. The fourth-order valence-electron chi connectivity index (χ4n) is 2.96. The predicted molar refractivity (Wildman–Crippen MR) is 90.8 cm³/mol. The maximum Gasteiger partial charge on any atom is 0.354 e. The first-order chi connectivity index (χ1) is 11.7. The Balaban J connectivity index is 1.83.